The van der Waals surface area contributed by atoms with E-state index in [0.717, 1.165) is 0 Å². The Morgan fingerprint density at radius 3 is 1.50 bits per heavy atom. The lowest BCUT2D eigenvalue weighted by Crippen LogP contribution is -2.44. The molecule has 0 radical (unpaired) electrons. The van der Waals surface area contributed by atoms with Crippen molar-refractivity contribution in [2.24, 2.45) is 0 Å². The molecule has 0 fully saturated rings. The highest BCUT2D eigenvalue weighted by atomic mass is 15.3. The summed E-state index contributed by atoms with van der Waals surface area (Å²) in [7, 11) is 2.39. The van der Waals surface area contributed by atoms with Crippen molar-refractivity contribution in [3.63, 3.8) is 0 Å². The molecule has 0 bridgehead atoms. The Bertz CT molecular complexity index is 138. The van der Waals surface area contributed by atoms with E-state index in [9.17, 15) is 0 Å². The van der Waals surface area contributed by atoms with Crippen LogP contribution in [0, 0.1) is 0 Å². The largest absolute Gasteiger partial charge is 0.327 e. The van der Waals surface area contributed by atoms with Gasteiger partial charge in [-0.05, 0) is 26.7 Å². The zero-order chi connectivity index (χ0) is 12.3. The van der Waals surface area contributed by atoms with Gasteiger partial charge in [0.25, 0.3) is 0 Å². The topological polar surface area (TPSA) is 0 Å². The van der Waals surface area contributed by atoms with Gasteiger partial charge in [0.05, 0.1) is 26.7 Å². The molecule has 1 heteroatoms. The normalized spacial score (nSPS) is 12.0. The second-order valence-electron chi connectivity index (χ2n) is 5.45. The monoisotopic (exact) mass is 228 g/mol. The third kappa shape index (κ3) is 8.15. The molecule has 0 aromatic rings. The fourth-order valence-corrected chi connectivity index (χ4v) is 2.17. The number of unbranched alkanes of at least 4 members (excludes halogenated alkanes) is 7. The van der Waals surface area contributed by atoms with Crippen LogP contribution in [0.3, 0.4) is 0 Å². The molecular formula is C15H34N+. The predicted molar refractivity (Wildman–Crippen MR) is 74.7 cm³/mol. The van der Waals surface area contributed by atoms with Crippen LogP contribution in [0.4, 0.5) is 0 Å². The van der Waals surface area contributed by atoms with E-state index >= 15 is 0 Å². The van der Waals surface area contributed by atoms with E-state index in [0.29, 0.717) is 0 Å². The van der Waals surface area contributed by atoms with Crippen molar-refractivity contribution in [2.45, 2.75) is 72.1 Å². The van der Waals surface area contributed by atoms with E-state index in [2.05, 4.69) is 27.8 Å². The van der Waals surface area contributed by atoms with Crippen molar-refractivity contribution in [2.75, 3.05) is 26.7 Å². The van der Waals surface area contributed by atoms with Crippen LogP contribution < -0.4 is 0 Å². The second kappa shape index (κ2) is 10.1. The predicted octanol–water partition coefficient (Wildman–Crippen LogP) is 4.61. The van der Waals surface area contributed by atoms with Crippen LogP contribution >= 0.6 is 0 Å². The Balaban J connectivity index is 3.26. The van der Waals surface area contributed by atoms with Gasteiger partial charge in [-0.15, -0.1) is 0 Å². The van der Waals surface area contributed by atoms with Gasteiger partial charge in [0, 0.05) is 0 Å². The summed E-state index contributed by atoms with van der Waals surface area (Å²) >= 11 is 0. The van der Waals surface area contributed by atoms with Crippen molar-refractivity contribution < 1.29 is 4.48 Å². The first-order chi connectivity index (χ1) is 7.68. The van der Waals surface area contributed by atoms with Crippen molar-refractivity contribution in [1.82, 2.24) is 0 Å². The van der Waals surface area contributed by atoms with Crippen LogP contribution in [0.15, 0.2) is 0 Å². The average molecular weight is 228 g/mol. The molecular weight excluding hydrogens is 194 g/mol. The highest BCUT2D eigenvalue weighted by Gasteiger charge is 2.14. The molecule has 0 aliphatic rings. The van der Waals surface area contributed by atoms with Crippen LogP contribution in [-0.2, 0) is 0 Å². The smallest absolute Gasteiger partial charge is 0.0784 e. The first kappa shape index (κ1) is 16.0. The summed E-state index contributed by atoms with van der Waals surface area (Å²) in [5.74, 6) is 0. The highest BCUT2D eigenvalue weighted by Crippen LogP contribution is 2.10. The first-order valence-electron chi connectivity index (χ1n) is 7.52. The summed E-state index contributed by atoms with van der Waals surface area (Å²) in [6, 6.07) is 0. The number of quaternary nitrogens is 1. The number of rotatable bonds is 11. The maximum absolute atomic E-state index is 2.39. The van der Waals surface area contributed by atoms with Gasteiger partial charge in [0.1, 0.15) is 0 Å². The summed E-state index contributed by atoms with van der Waals surface area (Å²) in [6.07, 6.45) is 11.5. The molecule has 0 unspecified atom stereocenters. The minimum Gasteiger partial charge on any atom is -0.327 e. The summed E-state index contributed by atoms with van der Waals surface area (Å²) in [5.41, 5.74) is 0. The zero-order valence-corrected chi connectivity index (χ0v) is 12.2. The van der Waals surface area contributed by atoms with Gasteiger partial charge in [0.15, 0.2) is 0 Å². The van der Waals surface area contributed by atoms with E-state index in [1.54, 1.807) is 0 Å². The van der Waals surface area contributed by atoms with E-state index in [1.807, 2.05) is 0 Å². The molecule has 0 aliphatic carbocycles. The quantitative estimate of drug-likeness (QED) is 0.358. The fraction of sp³-hybridized carbons (Fsp3) is 1.00. The van der Waals surface area contributed by atoms with Gasteiger partial charge in [-0.25, -0.2) is 0 Å². The summed E-state index contributed by atoms with van der Waals surface area (Å²) in [5, 5.41) is 0. The van der Waals surface area contributed by atoms with Gasteiger partial charge in [0.2, 0.25) is 0 Å². The minimum absolute atomic E-state index is 1.26. The van der Waals surface area contributed by atoms with E-state index in [-0.39, 0.29) is 0 Å². The summed E-state index contributed by atoms with van der Waals surface area (Å²) < 4.78 is 1.26. The molecule has 98 valence electrons. The number of hydrogen-bond donors (Lipinski definition) is 0. The summed E-state index contributed by atoms with van der Waals surface area (Å²) in [4.78, 5) is 0. The second-order valence-corrected chi connectivity index (χ2v) is 5.45. The Morgan fingerprint density at radius 1 is 0.625 bits per heavy atom. The molecule has 0 N–H and O–H groups in total. The SMILES string of the molecule is CCCCCCCCCC[N+](C)(CC)CC. The van der Waals surface area contributed by atoms with Crippen molar-refractivity contribution >= 4 is 0 Å². The van der Waals surface area contributed by atoms with Gasteiger partial charge in [-0.2, -0.15) is 0 Å². The maximum atomic E-state index is 2.39. The summed E-state index contributed by atoms with van der Waals surface area (Å²) in [6.45, 7) is 10.9. The van der Waals surface area contributed by atoms with Crippen molar-refractivity contribution in [3.8, 4) is 0 Å². The molecule has 16 heavy (non-hydrogen) atoms. The standard InChI is InChI=1S/C15H34N/c1-5-8-9-10-11-12-13-14-15-16(4,6-2)7-3/h5-15H2,1-4H3/q+1. The molecule has 0 aliphatic heterocycles. The van der Waals surface area contributed by atoms with Crippen LogP contribution in [0.25, 0.3) is 0 Å². The third-order valence-electron chi connectivity index (χ3n) is 4.08. The lowest BCUT2D eigenvalue weighted by Gasteiger charge is -2.32. The van der Waals surface area contributed by atoms with E-state index < -0.39 is 0 Å². The molecule has 0 amide bonds. The van der Waals surface area contributed by atoms with Gasteiger partial charge in [-0.3, -0.25) is 0 Å². The lowest BCUT2D eigenvalue weighted by atomic mass is 10.1. The molecule has 0 aromatic heterocycles. The van der Waals surface area contributed by atoms with Crippen LogP contribution in [-0.4, -0.2) is 31.2 Å². The fourth-order valence-electron chi connectivity index (χ4n) is 2.17. The lowest BCUT2D eigenvalue weighted by molar-refractivity contribution is -0.906. The Hall–Kier alpha value is -0.0400. The Morgan fingerprint density at radius 2 is 1.06 bits per heavy atom. The molecule has 0 spiro atoms. The Labute approximate surface area is 104 Å². The van der Waals surface area contributed by atoms with Crippen molar-refractivity contribution in [1.29, 1.82) is 0 Å². The Kier molecular flexibility index (Phi) is 10.1. The van der Waals surface area contributed by atoms with Gasteiger partial charge in [-0.1, -0.05) is 45.4 Å². The highest BCUT2D eigenvalue weighted by molar-refractivity contribution is 4.46. The minimum atomic E-state index is 1.26. The van der Waals surface area contributed by atoms with Gasteiger partial charge < -0.3 is 4.48 Å². The average Bonchev–Trinajstić information content (AvgIpc) is 2.32. The van der Waals surface area contributed by atoms with Crippen LogP contribution in [0.2, 0.25) is 0 Å². The van der Waals surface area contributed by atoms with E-state index in [4.69, 9.17) is 0 Å². The molecule has 0 aromatic carbocycles. The zero-order valence-electron chi connectivity index (χ0n) is 12.2. The maximum Gasteiger partial charge on any atom is 0.0784 e. The van der Waals surface area contributed by atoms with Crippen LogP contribution in [0.5, 0.6) is 0 Å². The van der Waals surface area contributed by atoms with Crippen molar-refractivity contribution in [3.05, 3.63) is 0 Å². The first-order valence-corrected chi connectivity index (χ1v) is 7.52. The van der Waals surface area contributed by atoms with Gasteiger partial charge >= 0.3 is 0 Å². The number of nitrogens with zero attached hydrogens (tertiary/aromatic N) is 1. The van der Waals surface area contributed by atoms with E-state index in [1.165, 1.54) is 75.5 Å². The van der Waals surface area contributed by atoms with Crippen LogP contribution in [0.1, 0.15) is 72.1 Å². The molecule has 0 atom stereocenters. The number of hydrogen-bond acceptors (Lipinski definition) is 0. The molecule has 0 heterocycles. The third-order valence-corrected chi connectivity index (χ3v) is 4.08. The molecule has 0 saturated heterocycles. The molecule has 0 saturated carbocycles. The molecule has 1 nitrogen and oxygen atoms in total. The molecule has 0 rings (SSSR count).